The van der Waals surface area contributed by atoms with Gasteiger partial charge in [0.1, 0.15) is 0 Å². The summed E-state index contributed by atoms with van der Waals surface area (Å²) in [5.41, 5.74) is 1.32. The molecule has 0 saturated carbocycles. The predicted octanol–water partition coefficient (Wildman–Crippen LogP) is 1.31. The number of amides is 1. The molecule has 0 aliphatic rings. The minimum Gasteiger partial charge on any atom is -0.356 e. The number of nitrogens with one attached hydrogen (secondary N) is 2. The van der Waals surface area contributed by atoms with Gasteiger partial charge in [-0.1, -0.05) is 18.2 Å². The maximum Gasteiger partial charge on any atom is 0.240 e. The number of aromatic nitrogens is 1. The summed E-state index contributed by atoms with van der Waals surface area (Å²) in [5.74, 6) is -0.375. The van der Waals surface area contributed by atoms with Gasteiger partial charge in [-0.05, 0) is 31.2 Å². The number of nitrogens with zero attached hydrogens (tertiary/aromatic N) is 1. The van der Waals surface area contributed by atoms with Gasteiger partial charge in [0.05, 0.1) is 4.90 Å². The van der Waals surface area contributed by atoms with Crippen LogP contribution in [-0.2, 0) is 21.2 Å². The molecule has 0 unspecified atom stereocenters. The van der Waals surface area contributed by atoms with Crippen LogP contribution in [0.25, 0.3) is 0 Å². The average molecular weight is 375 g/mol. The van der Waals surface area contributed by atoms with Gasteiger partial charge in [0.15, 0.2) is 5.78 Å². The standard InChI is InChI=1S/C18H21N3O4S/c1-14(22)15-5-7-17(8-6-15)26(24,25)21-13-10-18(23)20-12-9-16-4-2-3-11-19-16/h2-8,11,21H,9-10,12-13H2,1H3,(H,20,23). The first-order chi connectivity index (χ1) is 12.4. The Balaban J connectivity index is 1.75. The molecule has 1 aromatic heterocycles. The van der Waals surface area contributed by atoms with Crippen molar-refractivity contribution in [1.29, 1.82) is 0 Å². The number of hydrogen-bond donors (Lipinski definition) is 2. The van der Waals surface area contributed by atoms with Crippen molar-refractivity contribution < 1.29 is 18.0 Å². The molecule has 0 atom stereocenters. The molecule has 7 nitrogen and oxygen atoms in total. The molecule has 2 rings (SSSR count). The van der Waals surface area contributed by atoms with E-state index in [9.17, 15) is 18.0 Å². The van der Waals surface area contributed by atoms with Crippen molar-refractivity contribution >= 4 is 21.7 Å². The minimum absolute atomic E-state index is 0.00772. The zero-order valence-electron chi connectivity index (χ0n) is 14.4. The van der Waals surface area contributed by atoms with Crippen LogP contribution in [-0.4, -0.2) is 38.2 Å². The van der Waals surface area contributed by atoms with Crippen LogP contribution in [0.2, 0.25) is 0 Å². The normalized spacial score (nSPS) is 11.1. The van der Waals surface area contributed by atoms with E-state index in [1.165, 1.54) is 31.2 Å². The lowest BCUT2D eigenvalue weighted by Crippen LogP contribution is -2.31. The molecule has 0 saturated heterocycles. The zero-order valence-corrected chi connectivity index (χ0v) is 15.3. The van der Waals surface area contributed by atoms with Crippen LogP contribution in [0.3, 0.4) is 0 Å². The summed E-state index contributed by atoms with van der Waals surface area (Å²) < 4.78 is 26.7. The van der Waals surface area contributed by atoms with Crippen molar-refractivity contribution in [3.63, 3.8) is 0 Å². The second kappa shape index (κ2) is 9.21. The number of benzene rings is 1. The van der Waals surface area contributed by atoms with E-state index in [1.807, 2.05) is 18.2 Å². The SMILES string of the molecule is CC(=O)c1ccc(S(=O)(=O)NCCC(=O)NCCc2ccccn2)cc1. The van der Waals surface area contributed by atoms with Crippen LogP contribution >= 0.6 is 0 Å². The molecule has 1 heterocycles. The van der Waals surface area contributed by atoms with E-state index in [2.05, 4.69) is 15.0 Å². The molecular formula is C18H21N3O4S. The summed E-state index contributed by atoms with van der Waals surface area (Å²) in [6, 6.07) is 11.2. The highest BCUT2D eigenvalue weighted by molar-refractivity contribution is 7.89. The van der Waals surface area contributed by atoms with Gasteiger partial charge in [-0.15, -0.1) is 0 Å². The third-order valence-electron chi connectivity index (χ3n) is 3.64. The van der Waals surface area contributed by atoms with Crippen molar-refractivity contribution in [3.05, 3.63) is 59.9 Å². The number of pyridine rings is 1. The first kappa shape index (κ1) is 19.7. The van der Waals surface area contributed by atoms with Gasteiger partial charge in [-0.25, -0.2) is 13.1 Å². The van der Waals surface area contributed by atoms with Crippen LogP contribution in [0.15, 0.2) is 53.6 Å². The number of carbonyl (C=O) groups is 2. The maximum absolute atomic E-state index is 12.2. The summed E-state index contributed by atoms with van der Waals surface area (Å²) in [6.07, 6.45) is 2.34. The third-order valence-corrected chi connectivity index (χ3v) is 5.12. The van der Waals surface area contributed by atoms with Gasteiger partial charge < -0.3 is 5.32 Å². The van der Waals surface area contributed by atoms with Gasteiger partial charge >= 0.3 is 0 Å². The van der Waals surface area contributed by atoms with Gasteiger partial charge in [0, 0.05) is 43.4 Å². The Labute approximate surface area is 152 Å². The molecule has 0 radical (unpaired) electrons. The summed E-state index contributed by atoms with van der Waals surface area (Å²) in [6.45, 7) is 1.84. The van der Waals surface area contributed by atoms with E-state index in [-0.39, 0.29) is 29.6 Å². The van der Waals surface area contributed by atoms with Gasteiger partial charge in [-0.3, -0.25) is 14.6 Å². The topological polar surface area (TPSA) is 105 Å². The van der Waals surface area contributed by atoms with Gasteiger partial charge in [0.25, 0.3) is 0 Å². The van der Waals surface area contributed by atoms with E-state index in [1.54, 1.807) is 6.20 Å². The van der Waals surface area contributed by atoms with E-state index in [0.29, 0.717) is 18.5 Å². The number of sulfonamides is 1. The fourth-order valence-electron chi connectivity index (χ4n) is 2.22. The highest BCUT2D eigenvalue weighted by Crippen LogP contribution is 2.10. The lowest BCUT2D eigenvalue weighted by Gasteiger charge is -2.08. The van der Waals surface area contributed by atoms with Crippen molar-refractivity contribution in [3.8, 4) is 0 Å². The highest BCUT2D eigenvalue weighted by atomic mass is 32.2. The second-order valence-electron chi connectivity index (χ2n) is 5.65. The zero-order chi connectivity index (χ0) is 19.0. The van der Waals surface area contributed by atoms with E-state index < -0.39 is 10.0 Å². The molecule has 0 spiro atoms. The lowest BCUT2D eigenvalue weighted by atomic mass is 10.2. The number of carbonyl (C=O) groups excluding carboxylic acids is 2. The lowest BCUT2D eigenvalue weighted by molar-refractivity contribution is -0.120. The van der Waals surface area contributed by atoms with Crippen molar-refractivity contribution in [2.24, 2.45) is 0 Å². The molecule has 1 amide bonds. The second-order valence-corrected chi connectivity index (χ2v) is 7.42. The Morgan fingerprint density at radius 1 is 1.04 bits per heavy atom. The number of ketones is 1. The van der Waals surface area contributed by atoms with Crippen molar-refractivity contribution in [1.82, 2.24) is 15.0 Å². The fourth-order valence-corrected chi connectivity index (χ4v) is 3.25. The summed E-state index contributed by atoms with van der Waals surface area (Å²) in [7, 11) is -3.71. The Kier molecular flexibility index (Phi) is 6.99. The largest absolute Gasteiger partial charge is 0.356 e. The average Bonchev–Trinajstić information content (AvgIpc) is 2.62. The van der Waals surface area contributed by atoms with E-state index >= 15 is 0 Å². The predicted molar refractivity (Wildman–Crippen MR) is 97.2 cm³/mol. The van der Waals surface area contributed by atoms with Crippen LogP contribution in [0, 0.1) is 0 Å². The van der Waals surface area contributed by atoms with Crippen LogP contribution in [0.4, 0.5) is 0 Å². The first-order valence-electron chi connectivity index (χ1n) is 8.16. The van der Waals surface area contributed by atoms with Crippen LogP contribution in [0.1, 0.15) is 29.4 Å². The van der Waals surface area contributed by atoms with Crippen molar-refractivity contribution in [2.75, 3.05) is 13.1 Å². The smallest absolute Gasteiger partial charge is 0.240 e. The van der Waals surface area contributed by atoms with E-state index in [4.69, 9.17) is 0 Å². The minimum atomic E-state index is -3.71. The first-order valence-corrected chi connectivity index (χ1v) is 9.64. The molecule has 0 bridgehead atoms. The Morgan fingerprint density at radius 3 is 2.38 bits per heavy atom. The van der Waals surface area contributed by atoms with Crippen LogP contribution in [0.5, 0.6) is 0 Å². The molecule has 1 aromatic carbocycles. The fraction of sp³-hybridized carbons (Fsp3) is 0.278. The molecule has 0 fully saturated rings. The molecule has 26 heavy (non-hydrogen) atoms. The highest BCUT2D eigenvalue weighted by Gasteiger charge is 2.14. The number of hydrogen-bond acceptors (Lipinski definition) is 5. The van der Waals surface area contributed by atoms with E-state index in [0.717, 1.165) is 5.69 Å². The molecule has 138 valence electrons. The molecule has 8 heteroatoms. The quantitative estimate of drug-likeness (QED) is 0.643. The van der Waals surface area contributed by atoms with Crippen molar-refractivity contribution in [2.45, 2.75) is 24.7 Å². The third kappa shape index (κ3) is 6.05. The maximum atomic E-state index is 12.2. The van der Waals surface area contributed by atoms with Crippen LogP contribution < -0.4 is 10.0 Å². The molecule has 0 aliphatic carbocycles. The Hall–Kier alpha value is -2.58. The summed E-state index contributed by atoms with van der Waals surface area (Å²) in [5, 5.41) is 2.73. The Bertz CT molecular complexity index is 850. The molecule has 2 aromatic rings. The Morgan fingerprint density at radius 2 is 1.77 bits per heavy atom. The summed E-state index contributed by atoms with van der Waals surface area (Å²) in [4.78, 5) is 27.2. The monoisotopic (exact) mass is 375 g/mol. The molecular weight excluding hydrogens is 354 g/mol. The number of rotatable bonds is 9. The molecule has 0 aliphatic heterocycles. The molecule has 2 N–H and O–H groups in total. The number of Topliss-reactive ketones (excluding diaryl/α,β-unsaturated/α-hetero) is 1. The summed E-state index contributed by atoms with van der Waals surface area (Å²) >= 11 is 0. The van der Waals surface area contributed by atoms with Gasteiger partial charge in [0.2, 0.25) is 15.9 Å². The van der Waals surface area contributed by atoms with Gasteiger partial charge in [-0.2, -0.15) is 0 Å².